The molecule has 0 radical (unpaired) electrons. The van der Waals surface area contributed by atoms with E-state index in [9.17, 15) is 15.0 Å². The lowest BCUT2D eigenvalue weighted by Crippen LogP contribution is -2.58. The summed E-state index contributed by atoms with van der Waals surface area (Å²) in [6.07, 6.45) is 9.86. The summed E-state index contributed by atoms with van der Waals surface area (Å²) in [5, 5.41) is 20.5. The molecule has 22 heavy (non-hydrogen) atoms. The highest BCUT2D eigenvalue weighted by Gasteiger charge is 2.65. The molecule has 4 rings (SSSR count). The first-order valence-corrected chi connectivity index (χ1v) is 9.24. The van der Waals surface area contributed by atoms with Crippen LogP contribution in [0.3, 0.4) is 0 Å². The fourth-order valence-corrected chi connectivity index (χ4v) is 7.70. The third-order valence-corrected chi connectivity index (χ3v) is 8.42. The van der Waals surface area contributed by atoms with Gasteiger partial charge in [0.1, 0.15) is 0 Å². The largest absolute Gasteiger partial charge is 0.481 e. The Labute approximate surface area is 133 Å². The molecule has 0 saturated heterocycles. The summed E-state index contributed by atoms with van der Waals surface area (Å²) in [5.74, 6) is 0.786. The molecule has 4 aliphatic carbocycles. The highest BCUT2D eigenvalue weighted by Crippen LogP contribution is 2.71. The molecule has 0 amide bonds. The zero-order valence-electron chi connectivity index (χ0n) is 14.0. The second-order valence-electron chi connectivity index (χ2n) is 9.41. The number of aliphatic hydroxyl groups is 1. The Morgan fingerprint density at radius 1 is 1.00 bits per heavy atom. The van der Waals surface area contributed by atoms with Gasteiger partial charge in [-0.3, -0.25) is 4.79 Å². The van der Waals surface area contributed by atoms with Crippen LogP contribution in [-0.4, -0.2) is 21.8 Å². The monoisotopic (exact) mass is 306 g/mol. The fourth-order valence-electron chi connectivity index (χ4n) is 7.70. The smallest absolute Gasteiger partial charge is 0.306 e. The van der Waals surface area contributed by atoms with E-state index in [2.05, 4.69) is 6.92 Å². The average Bonchev–Trinajstić information content (AvgIpc) is 2.69. The number of hydrogen-bond donors (Lipinski definition) is 2. The van der Waals surface area contributed by atoms with Crippen molar-refractivity contribution in [1.29, 1.82) is 0 Å². The van der Waals surface area contributed by atoms with E-state index in [4.69, 9.17) is 0 Å². The minimum atomic E-state index is -0.564. The highest BCUT2D eigenvalue weighted by molar-refractivity contribution is 5.71. The van der Waals surface area contributed by atoms with E-state index in [0.717, 1.165) is 44.9 Å². The van der Waals surface area contributed by atoms with Gasteiger partial charge in [0, 0.05) is 0 Å². The maximum absolute atomic E-state index is 11.6. The number of hydrogen-bond acceptors (Lipinski definition) is 2. The molecule has 7 atom stereocenters. The lowest BCUT2D eigenvalue weighted by molar-refractivity contribution is -0.180. The van der Waals surface area contributed by atoms with Crippen molar-refractivity contribution in [2.75, 3.05) is 0 Å². The van der Waals surface area contributed by atoms with Crippen molar-refractivity contribution >= 4 is 5.97 Å². The molecule has 2 N–H and O–H groups in total. The summed E-state index contributed by atoms with van der Waals surface area (Å²) < 4.78 is 0. The van der Waals surface area contributed by atoms with Crippen molar-refractivity contribution in [1.82, 2.24) is 0 Å². The van der Waals surface area contributed by atoms with Crippen molar-refractivity contribution in [2.45, 2.75) is 77.2 Å². The van der Waals surface area contributed by atoms with E-state index in [1.807, 2.05) is 6.92 Å². The van der Waals surface area contributed by atoms with Crippen LogP contribution in [0.4, 0.5) is 0 Å². The van der Waals surface area contributed by atoms with E-state index in [1.165, 1.54) is 12.8 Å². The molecule has 2 bridgehead atoms. The van der Waals surface area contributed by atoms with Crippen molar-refractivity contribution < 1.29 is 15.0 Å². The van der Waals surface area contributed by atoms with Crippen LogP contribution in [0.2, 0.25) is 0 Å². The number of carbonyl (C=O) groups is 1. The predicted octanol–water partition coefficient (Wildman–Crippen LogP) is 3.84. The van der Waals surface area contributed by atoms with Gasteiger partial charge in [-0.25, -0.2) is 0 Å². The third-order valence-electron chi connectivity index (χ3n) is 8.42. The number of carboxylic acid groups (broad SMARTS) is 1. The first-order chi connectivity index (χ1) is 10.3. The van der Waals surface area contributed by atoms with E-state index in [1.54, 1.807) is 0 Å². The van der Waals surface area contributed by atoms with Crippen LogP contribution in [0.25, 0.3) is 0 Å². The average molecular weight is 306 g/mol. The van der Waals surface area contributed by atoms with Gasteiger partial charge in [-0.1, -0.05) is 13.3 Å². The van der Waals surface area contributed by atoms with Crippen LogP contribution in [0.15, 0.2) is 0 Å². The Morgan fingerprint density at radius 2 is 1.77 bits per heavy atom. The van der Waals surface area contributed by atoms with Crippen molar-refractivity contribution in [2.24, 2.45) is 34.5 Å². The third kappa shape index (κ3) is 1.81. The molecule has 0 aromatic carbocycles. The van der Waals surface area contributed by atoms with Gasteiger partial charge in [0.2, 0.25) is 0 Å². The van der Waals surface area contributed by atoms with Crippen LogP contribution in [-0.2, 0) is 4.79 Å². The summed E-state index contributed by atoms with van der Waals surface area (Å²) in [4.78, 5) is 11.6. The zero-order valence-corrected chi connectivity index (χ0v) is 14.0. The molecule has 4 fully saturated rings. The molecular formula is C19H30O3. The first kappa shape index (κ1) is 15.0. The molecule has 0 aliphatic heterocycles. The zero-order chi connectivity index (χ0) is 15.8. The van der Waals surface area contributed by atoms with Crippen molar-refractivity contribution in [3.63, 3.8) is 0 Å². The summed E-state index contributed by atoms with van der Waals surface area (Å²) in [6.45, 7) is 4.47. The highest BCUT2D eigenvalue weighted by atomic mass is 16.4. The van der Waals surface area contributed by atoms with Crippen LogP contribution in [0.5, 0.6) is 0 Å². The minimum Gasteiger partial charge on any atom is -0.481 e. The van der Waals surface area contributed by atoms with E-state index in [0.29, 0.717) is 17.8 Å². The van der Waals surface area contributed by atoms with Crippen LogP contribution in [0.1, 0.15) is 71.6 Å². The van der Waals surface area contributed by atoms with E-state index < -0.39 is 11.6 Å². The molecular weight excluding hydrogens is 276 g/mol. The van der Waals surface area contributed by atoms with Gasteiger partial charge in [-0.05, 0) is 86.9 Å². The second kappa shape index (κ2) is 4.49. The summed E-state index contributed by atoms with van der Waals surface area (Å²) in [6, 6.07) is 0. The molecule has 0 heterocycles. The van der Waals surface area contributed by atoms with Crippen molar-refractivity contribution in [3.05, 3.63) is 0 Å². The van der Waals surface area contributed by atoms with Crippen molar-refractivity contribution in [3.8, 4) is 0 Å². The lowest BCUT2D eigenvalue weighted by atomic mass is 9.43. The maximum Gasteiger partial charge on any atom is 0.306 e. The first-order valence-electron chi connectivity index (χ1n) is 9.24. The van der Waals surface area contributed by atoms with Gasteiger partial charge in [-0.15, -0.1) is 0 Å². The molecule has 124 valence electrons. The van der Waals surface area contributed by atoms with E-state index in [-0.39, 0.29) is 16.7 Å². The Hall–Kier alpha value is -0.570. The van der Waals surface area contributed by atoms with Gasteiger partial charge in [0.25, 0.3) is 0 Å². The summed E-state index contributed by atoms with van der Waals surface area (Å²) in [5.41, 5.74) is -0.0285. The minimum absolute atomic E-state index is 0.103. The SMILES string of the molecule is C[C@@]12CCC[C@](C)(O)[C@H]1CC[C@@]13C[C@@H](CC[C@@H]12)[C@H](C(=O)O)C3. The fraction of sp³-hybridized carbons (Fsp3) is 0.947. The molecule has 3 heteroatoms. The second-order valence-corrected chi connectivity index (χ2v) is 9.41. The Morgan fingerprint density at radius 3 is 2.50 bits per heavy atom. The van der Waals surface area contributed by atoms with Gasteiger partial charge < -0.3 is 10.2 Å². The van der Waals surface area contributed by atoms with Crippen LogP contribution >= 0.6 is 0 Å². The Balaban J connectivity index is 1.70. The molecule has 0 aromatic rings. The number of fused-ring (bicyclic) bond motifs is 3. The van der Waals surface area contributed by atoms with Crippen LogP contribution in [0, 0.1) is 34.5 Å². The number of carboxylic acids is 1. The number of aliphatic carboxylic acids is 1. The standard InChI is InChI=1S/C19H30O3/c1-17-7-3-8-18(2,22)14(17)6-9-19-10-12(4-5-15(17)19)13(11-19)16(20)21/h12-15,22H,3-11H2,1-2H3,(H,20,21)/t12-,13-,14+,15-,17-,18+,19+/m1/s1. The predicted molar refractivity (Wildman–Crippen MR) is 84.3 cm³/mol. The van der Waals surface area contributed by atoms with Crippen LogP contribution < -0.4 is 0 Å². The molecule has 4 saturated carbocycles. The Kier molecular flexibility index (Phi) is 3.06. The molecule has 3 nitrogen and oxygen atoms in total. The molecule has 4 aliphatic rings. The molecule has 0 unspecified atom stereocenters. The quantitative estimate of drug-likeness (QED) is 0.773. The summed E-state index contributed by atoms with van der Waals surface area (Å²) >= 11 is 0. The van der Waals surface area contributed by atoms with Gasteiger partial charge in [0.15, 0.2) is 0 Å². The Bertz CT molecular complexity index is 499. The maximum atomic E-state index is 11.6. The van der Waals surface area contributed by atoms with E-state index >= 15 is 0 Å². The number of rotatable bonds is 1. The topological polar surface area (TPSA) is 57.5 Å². The molecule has 0 aromatic heterocycles. The van der Waals surface area contributed by atoms with Gasteiger partial charge in [0.05, 0.1) is 11.5 Å². The normalized spacial score (nSPS) is 57.0. The lowest BCUT2D eigenvalue weighted by Gasteiger charge is -2.63. The van der Waals surface area contributed by atoms with Gasteiger partial charge >= 0.3 is 5.97 Å². The molecule has 1 spiro atoms. The van der Waals surface area contributed by atoms with Gasteiger partial charge in [-0.2, -0.15) is 0 Å². The summed E-state index contributed by atoms with van der Waals surface area (Å²) in [7, 11) is 0.